The molecule has 1 atom stereocenters. The van der Waals surface area contributed by atoms with E-state index in [9.17, 15) is 0 Å². The average molecular weight is 327 g/mol. The van der Waals surface area contributed by atoms with E-state index in [1.54, 1.807) is 0 Å². The van der Waals surface area contributed by atoms with Gasteiger partial charge in [-0.25, -0.2) is 0 Å². The zero-order valence-electron chi connectivity index (χ0n) is 15.9. The van der Waals surface area contributed by atoms with E-state index in [4.69, 9.17) is 8.84 Å². The normalized spacial score (nSPS) is 23.3. The fourth-order valence-electron chi connectivity index (χ4n) is 2.35. The summed E-state index contributed by atoms with van der Waals surface area (Å²) in [5.74, 6) is 2.68. The van der Waals surface area contributed by atoms with Crippen molar-refractivity contribution in [2.24, 2.45) is 5.92 Å². The van der Waals surface area contributed by atoms with Crippen LogP contribution in [0.4, 0.5) is 0 Å². The van der Waals surface area contributed by atoms with Crippen molar-refractivity contribution in [1.82, 2.24) is 10.2 Å². The van der Waals surface area contributed by atoms with Crippen molar-refractivity contribution in [1.29, 1.82) is 0 Å². The van der Waals surface area contributed by atoms with Crippen LogP contribution in [0.1, 0.15) is 85.1 Å². The van der Waals surface area contributed by atoms with Gasteiger partial charge in [0.05, 0.1) is 0 Å². The summed E-state index contributed by atoms with van der Waals surface area (Å²) in [5.41, 5.74) is 0. The van der Waals surface area contributed by atoms with Crippen molar-refractivity contribution >= 4 is 8.32 Å². The fraction of sp³-hybridized carbons (Fsp3) is 0.882. The lowest BCUT2D eigenvalue weighted by Crippen LogP contribution is -2.41. The number of rotatable bonds is 4. The minimum atomic E-state index is -1.80. The SMILES string of the molecule is CC.CC1CC(c2nnc([C@H](C)O[Si](C)(C)C(C)(C)C)o2)C1. The van der Waals surface area contributed by atoms with Crippen LogP contribution in [0.5, 0.6) is 0 Å². The van der Waals surface area contributed by atoms with Crippen LogP contribution in [0, 0.1) is 5.92 Å². The van der Waals surface area contributed by atoms with Gasteiger partial charge in [0.1, 0.15) is 6.10 Å². The highest BCUT2D eigenvalue weighted by Gasteiger charge is 2.40. The zero-order chi connectivity index (χ0) is 17.1. The van der Waals surface area contributed by atoms with Gasteiger partial charge < -0.3 is 8.84 Å². The van der Waals surface area contributed by atoms with Crippen LogP contribution < -0.4 is 0 Å². The van der Waals surface area contributed by atoms with Crippen LogP contribution in [-0.2, 0) is 4.43 Å². The molecule has 1 aliphatic rings. The van der Waals surface area contributed by atoms with E-state index in [0.717, 1.165) is 11.8 Å². The van der Waals surface area contributed by atoms with Crippen LogP contribution in [0.15, 0.2) is 4.42 Å². The lowest BCUT2D eigenvalue weighted by Gasteiger charge is -2.37. The molecule has 0 N–H and O–H groups in total. The molecule has 1 heterocycles. The molecule has 1 aromatic heterocycles. The maximum absolute atomic E-state index is 6.30. The Labute approximate surface area is 137 Å². The molecule has 0 unspecified atom stereocenters. The highest BCUT2D eigenvalue weighted by Crippen LogP contribution is 2.42. The third-order valence-electron chi connectivity index (χ3n) is 4.80. The Kier molecular flexibility index (Phi) is 6.39. The molecule has 22 heavy (non-hydrogen) atoms. The summed E-state index contributed by atoms with van der Waals surface area (Å²) < 4.78 is 12.1. The molecule has 0 bridgehead atoms. The molecule has 0 aliphatic heterocycles. The quantitative estimate of drug-likeness (QED) is 0.667. The van der Waals surface area contributed by atoms with E-state index in [0.29, 0.717) is 11.8 Å². The van der Waals surface area contributed by atoms with E-state index in [1.807, 2.05) is 20.8 Å². The average Bonchev–Trinajstić information content (AvgIpc) is 2.85. The summed E-state index contributed by atoms with van der Waals surface area (Å²) in [4.78, 5) is 0. The fourth-order valence-corrected chi connectivity index (χ4v) is 3.69. The molecule has 0 spiro atoms. The molecule has 5 heteroatoms. The first-order valence-electron chi connectivity index (χ1n) is 8.61. The predicted octanol–water partition coefficient (Wildman–Crippen LogP) is 5.69. The Balaban J connectivity index is 0.00000116. The lowest BCUT2D eigenvalue weighted by molar-refractivity contribution is 0.160. The molecule has 1 saturated carbocycles. The van der Waals surface area contributed by atoms with Gasteiger partial charge in [-0.1, -0.05) is 41.5 Å². The van der Waals surface area contributed by atoms with Gasteiger partial charge in [0.15, 0.2) is 8.32 Å². The summed E-state index contributed by atoms with van der Waals surface area (Å²) in [6.07, 6.45) is 2.22. The van der Waals surface area contributed by atoms with Crippen LogP contribution in [0.25, 0.3) is 0 Å². The van der Waals surface area contributed by atoms with Crippen LogP contribution >= 0.6 is 0 Å². The van der Waals surface area contributed by atoms with Gasteiger partial charge in [0.2, 0.25) is 11.8 Å². The van der Waals surface area contributed by atoms with Crippen LogP contribution in [-0.4, -0.2) is 18.5 Å². The second-order valence-corrected chi connectivity index (χ2v) is 12.5. The van der Waals surface area contributed by atoms with Crippen molar-refractivity contribution < 1.29 is 8.84 Å². The number of aromatic nitrogens is 2. The topological polar surface area (TPSA) is 48.2 Å². The van der Waals surface area contributed by atoms with E-state index in [-0.39, 0.29) is 11.1 Å². The molecular formula is C17H34N2O2Si. The van der Waals surface area contributed by atoms with Gasteiger partial charge in [-0.3, -0.25) is 0 Å². The second-order valence-electron chi connectivity index (χ2n) is 7.77. The highest BCUT2D eigenvalue weighted by atomic mass is 28.4. The van der Waals surface area contributed by atoms with Gasteiger partial charge >= 0.3 is 0 Å². The highest BCUT2D eigenvalue weighted by molar-refractivity contribution is 6.74. The lowest BCUT2D eigenvalue weighted by atomic mass is 9.76. The molecule has 2 rings (SSSR count). The van der Waals surface area contributed by atoms with Gasteiger partial charge in [-0.05, 0) is 43.8 Å². The first kappa shape index (κ1) is 19.4. The Bertz CT molecular complexity index is 459. The predicted molar refractivity (Wildman–Crippen MR) is 93.5 cm³/mol. The molecule has 0 saturated heterocycles. The Morgan fingerprint density at radius 2 is 1.73 bits per heavy atom. The van der Waals surface area contributed by atoms with Crippen molar-refractivity contribution in [2.75, 3.05) is 0 Å². The summed E-state index contributed by atoms with van der Waals surface area (Å²) in [6.45, 7) is 19.5. The Hall–Kier alpha value is -0.683. The molecule has 0 radical (unpaired) electrons. The molecule has 1 aromatic rings. The van der Waals surface area contributed by atoms with Crippen molar-refractivity contribution in [3.05, 3.63) is 11.8 Å². The largest absolute Gasteiger partial charge is 0.422 e. The van der Waals surface area contributed by atoms with E-state index in [2.05, 4.69) is 51.0 Å². The molecule has 0 amide bonds. The van der Waals surface area contributed by atoms with Crippen molar-refractivity contribution in [3.8, 4) is 0 Å². The van der Waals surface area contributed by atoms with E-state index < -0.39 is 8.32 Å². The van der Waals surface area contributed by atoms with Gasteiger partial charge in [-0.15, -0.1) is 10.2 Å². The standard InChI is InChI=1S/C15H28N2O2Si.C2H6/c1-10-8-12(9-10)14-17-16-13(18-14)11(2)19-20(6,7)15(3,4)5;1-2/h10-12H,8-9H2,1-7H3;1-2H3/t10?,11-,12?;/m0./s1. The molecule has 1 fully saturated rings. The minimum Gasteiger partial charge on any atom is -0.422 e. The van der Waals surface area contributed by atoms with Gasteiger partial charge in [0.25, 0.3) is 0 Å². The van der Waals surface area contributed by atoms with E-state index in [1.165, 1.54) is 12.8 Å². The molecule has 128 valence electrons. The van der Waals surface area contributed by atoms with Gasteiger partial charge in [0, 0.05) is 5.92 Å². The van der Waals surface area contributed by atoms with Crippen molar-refractivity contribution in [2.45, 2.75) is 91.5 Å². The maximum Gasteiger partial charge on any atom is 0.243 e. The first-order valence-corrected chi connectivity index (χ1v) is 11.5. The molecular weight excluding hydrogens is 292 g/mol. The third kappa shape index (κ3) is 4.41. The first-order chi connectivity index (χ1) is 10.1. The summed E-state index contributed by atoms with van der Waals surface area (Å²) >= 11 is 0. The zero-order valence-corrected chi connectivity index (χ0v) is 16.9. The smallest absolute Gasteiger partial charge is 0.243 e. The van der Waals surface area contributed by atoms with Crippen molar-refractivity contribution in [3.63, 3.8) is 0 Å². The number of hydrogen-bond donors (Lipinski definition) is 0. The number of hydrogen-bond acceptors (Lipinski definition) is 4. The van der Waals surface area contributed by atoms with Crippen LogP contribution in [0.2, 0.25) is 18.1 Å². The molecule has 1 aliphatic carbocycles. The summed E-state index contributed by atoms with van der Waals surface area (Å²) in [6, 6.07) is 0. The van der Waals surface area contributed by atoms with Crippen LogP contribution in [0.3, 0.4) is 0 Å². The number of nitrogens with zero attached hydrogens (tertiary/aromatic N) is 2. The monoisotopic (exact) mass is 326 g/mol. The van der Waals surface area contributed by atoms with Gasteiger partial charge in [-0.2, -0.15) is 0 Å². The Morgan fingerprint density at radius 3 is 2.18 bits per heavy atom. The summed E-state index contributed by atoms with van der Waals surface area (Å²) in [5, 5.41) is 8.58. The molecule has 0 aromatic carbocycles. The second kappa shape index (κ2) is 7.26. The Morgan fingerprint density at radius 1 is 1.18 bits per heavy atom. The maximum atomic E-state index is 6.30. The third-order valence-corrected chi connectivity index (χ3v) is 9.36. The minimum absolute atomic E-state index is 0.116. The summed E-state index contributed by atoms with van der Waals surface area (Å²) in [7, 11) is -1.80. The molecule has 4 nitrogen and oxygen atoms in total. The van der Waals surface area contributed by atoms with E-state index >= 15 is 0 Å².